The van der Waals surface area contributed by atoms with Crippen molar-refractivity contribution in [3.05, 3.63) is 95.3 Å². The number of nitrogens with zero attached hydrogens (tertiary/aromatic N) is 3. The Balaban J connectivity index is 1.41. The number of fused-ring (bicyclic) bond motifs is 13. The van der Waals surface area contributed by atoms with Crippen LogP contribution in [0.4, 0.5) is 4.39 Å². The van der Waals surface area contributed by atoms with Gasteiger partial charge < -0.3 is 23.5 Å². The van der Waals surface area contributed by atoms with Gasteiger partial charge in [-0.25, -0.2) is 4.39 Å². The monoisotopic (exact) mass is 602 g/mol. The predicted molar refractivity (Wildman–Crippen MR) is 166 cm³/mol. The third-order valence-electron chi connectivity index (χ3n) is 10.0. The van der Waals surface area contributed by atoms with E-state index in [9.17, 15) is 18.8 Å². The zero-order chi connectivity index (χ0) is 30.9. The van der Waals surface area contributed by atoms with Crippen LogP contribution in [0.25, 0.3) is 43.6 Å². The maximum Gasteiger partial charge on any atom is 0.259 e. The molecule has 0 unspecified atom stereocenters. The summed E-state index contributed by atoms with van der Waals surface area (Å²) >= 11 is 0. The summed E-state index contributed by atoms with van der Waals surface area (Å²) in [5.41, 5.74) is 3.14. The quantitative estimate of drug-likeness (QED) is 0.263. The fourth-order valence-corrected chi connectivity index (χ4v) is 8.26. The SMILES string of the molecule is CO[C@@H]1[C@H](N(C)C(=O)c2ccc(F)cc2)C[C@H]2O[C@]1(C)n1c3ccccc3c3c4c(c5c6ccccc6n2c5c31)C(=O)NC4=O. The number of para-hydroxylation sites is 2. The van der Waals surface area contributed by atoms with Gasteiger partial charge in [0.05, 0.1) is 39.2 Å². The molecule has 1 fully saturated rings. The highest BCUT2D eigenvalue weighted by Gasteiger charge is 2.55. The molecule has 3 aliphatic rings. The Labute approximate surface area is 255 Å². The Kier molecular flexibility index (Phi) is 5.14. The van der Waals surface area contributed by atoms with Crippen LogP contribution in [-0.4, -0.2) is 58.1 Å². The number of halogens is 1. The molecule has 5 heterocycles. The smallest absolute Gasteiger partial charge is 0.259 e. The summed E-state index contributed by atoms with van der Waals surface area (Å²) in [5, 5.41) is 5.58. The van der Waals surface area contributed by atoms with Crippen molar-refractivity contribution in [2.24, 2.45) is 0 Å². The standard InChI is InChI=1S/C35H27FN4O5/c1-35-31(44-3)23(38(2)34(43)17-12-14-18(36)15-13-17)16-24(45-35)39-21-10-6-4-8-19(21)25-27-28(33(42)37-32(27)41)26-20-9-5-7-11-22(20)40(35)30(26)29(25)39/h4-15,23-24,31H,16H2,1-3H3,(H,37,41,42)/t23-,24-,31-,35+/m1/s1. The predicted octanol–water partition coefficient (Wildman–Crippen LogP) is 5.69. The maximum atomic E-state index is 13.9. The molecule has 0 saturated carbocycles. The van der Waals surface area contributed by atoms with Crippen molar-refractivity contribution in [1.82, 2.24) is 19.4 Å². The molecule has 0 aliphatic carbocycles. The minimum absolute atomic E-state index is 0.270. The average molecular weight is 603 g/mol. The second kappa shape index (κ2) is 8.77. The Morgan fingerprint density at radius 3 is 2.20 bits per heavy atom. The lowest BCUT2D eigenvalue weighted by molar-refractivity contribution is -0.264. The van der Waals surface area contributed by atoms with Crippen molar-refractivity contribution in [2.45, 2.75) is 37.4 Å². The molecule has 6 aromatic rings. The summed E-state index contributed by atoms with van der Waals surface area (Å²) in [6, 6.07) is 20.6. The van der Waals surface area contributed by atoms with Crippen molar-refractivity contribution in [1.29, 1.82) is 0 Å². The fraction of sp³-hybridized carbons (Fsp3) is 0.229. The van der Waals surface area contributed by atoms with Gasteiger partial charge in [0.25, 0.3) is 17.7 Å². The molecule has 4 atom stereocenters. The minimum Gasteiger partial charge on any atom is -0.374 e. The number of benzene rings is 4. The van der Waals surface area contributed by atoms with Crippen LogP contribution in [0.5, 0.6) is 0 Å². The number of hydrogen-bond donors (Lipinski definition) is 1. The Morgan fingerprint density at radius 2 is 1.53 bits per heavy atom. The molecule has 10 heteroatoms. The summed E-state index contributed by atoms with van der Waals surface area (Å²) in [5.74, 6) is -1.54. The van der Waals surface area contributed by atoms with Crippen molar-refractivity contribution in [3.8, 4) is 0 Å². The molecule has 45 heavy (non-hydrogen) atoms. The van der Waals surface area contributed by atoms with Gasteiger partial charge >= 0.3 is 0 Å². The summed E-state index contributed by atoms with van der Waals surface area (Å²) < 4.78 is 31.4. The Bertz CT molecular complexity index is 2320. The highest BCUT2D eigenvalue weighted by atomic mass is 19.1. The van der Waals surface area contributed by atoms with Gasteiger partial charge in [-0.1, -0.05) is 36.4 Å². The molecular weight excluding hydrogens is 575 g/mol. The summed E-state index contributed by atoms with van der Waals surface area (Å²) in [7, 11) is 3.34. The number of imide groups is 1. The normalized spacial score (nSPS) is 23.7. The number of hydrogen-bond acceptors (Lipinski definition) is 5. The number of aromatic nitrogens is 2. The second-order valence-electron chi connectivity index (χ2n) is 12.2. The number of carbonyl (C=O) groups is 3. The first-order valence-electron chi connectivity index (χ1n) is 14.9. The lowest BCUT2D eigenvalue weighted by Crippen LogP contribution is -2.61. The lowest BCUT2D eigenvalue weighted by atomic mass is 9.91. The van der Waals surface area contributed by atoms with Crippen LogP contribution in [0.3, 0.4) is 0 Å². The van der Waals surface area contributed by atoms with Crippen molar-refractivity contribution >= 4 is 61.3 Å². The number of methoxy groups -OCH3 is 1. The first kappa shape index (κ1) is 26.4. The van der Waals surface area contributed by atoms with Gasteiger partial charge in [0, 0.05) is 47.7 Å². The van der Waals surface area contributed by atoms with Gasteiger partial charge in [-0.3, -0.25) is 19.7 Å². The van der Waals surface area contributed by atoms with Crippen LogP contribution < -0.4 is 5.32 Å². The molecule has 0 radical (unpaired) electrons. The number of amides is 3. The molecule has 4 aromatic carbocycles. The third-order valence-corrected chi connectivity index (χ3v) is 10.0. The molecule has 2 bridgehead atoms. The number of carbonyl (C=O) groups excluding carboxylic acids is 3. The van der Waals surface area contributed by atoms with E-state index in [1.54, 1.807) is 19.1 Å². The van der Waals surface area contributed by atoms with Crippen LogP contribution in [0, 0.1) is 5.82 Å². The lowest BCUT2D eigenvalue weighted by Gasteiger charge is -2.50. The van der Waals surface area contributed by atoms with Gasteiger partial charge in [0.2, 0.25) is 0 Å². The summed E-state index contributed by atoms with van der Waals surface area (Å²) in [4.78, 5) is 42.6. The van der Waals surface area contributed by atoms with E-state index in [0.29, 0.717) is 33.9 Å². The zero-order valence-corrected chi connectivity index (χ0v) is 24.6. The second-order valence-corrected chi connectivity index (χ2v) is 12.2. The van der Waals surface area contributed by atoms with E-state index in [2.05, 4.69) is 14.5 Å². The van der Waals surface area contributed by atoms with Crippen LogP contribution in [0.2, 0.25) is 0 Å². The summed E-state index contributed by atoms with van der Waals surface area (Å²) in [6.07, 6.45) is -0.855. The Hall–Kier alpha value is -5.06. The number of rotatable bonds is 3. The van der Waals surface area contributed by atoms with Gasteiger partial charge in [-0.15, -0.1) is 0 Å². The molecule has 9 nitrogen and oxygen atoms in total. The first-order chi connectivity index (χ1) is 21.7. The van der Waals surface area contributed by atoms with E-state index >= 15 is 0 Å². The van der Waals surface area contributed by atoms with Crippen LogP contribution in [0.15, 0.2) is 72.8 Å². The topological polar surface area (TPSA) is 94.8 Å². The van der Waals surface area contributed by atoms with Gasteiger partial charge in [-0.2, -0.15) is 0 Å². The van der Waals surface area contributed by atoms with E-state index in [-0.39, 0.29) is 5.91 Å². The average Bonchev–Trinajstić information content (AvgIpc) is 3.65. The van der Waals surface area contributed by atoms with Crippen molar-refractivity contribution in [2.75, 3.05) is 14.2 Å². The zero-order valence-electron chi connectivity index (χ0n) is 24.6. The number of nitrogens with one attached hydrogen (secondary N) is 1. The molecule has 1 N–H and O–H groups in total. The van der Waals surface area contributed by atoms with Crippen molar-refractivity contribution in [3.63, 3.8) is 0 Å². The van der Waals surface area contributed by atoms with Crippen molar-refractivity contribution < 1.29 is 28.2 Å². The molecule has 3 amide bonds. The minimum atomic E-state index is -1.17. The largest absolute Gasteiger partial charge is 0.374 e. The van der Waals surface area contributed by atoms with Gasteiger partial charge in [0.15, 0.2) is 5.72 Å². The first-order valence-corrected chi connectivity index (χ1v) is 14.9. The highest BCUT2D eigenvalue weighted by molar-refractivity contribution is 6.39. The molecule has 0 spiro atoms. The van der Waals surface area contributed by atoms with Crippen LogP contribution in [-0.2, 0) is 15.2 Å². The van der Waals surface area contributed by atoms with E-state index in [4.69, 9.17) is 9.47 Å². The highest BCUT2D eigenvalue weighted by Crippen LogP contribution is 2.54. The Morgan fingerprint density at radius 1 is 0.933 bits per heavy atom. The fourth-order valence-electron chi connectivity index (χ4n) is 8.26. The van der Waals surface area contributed by atoms with Gasteiger partial charge in [0.1, 0.15) is 18.1 Å². The van der Waals surface area contributed by atoms with E-state index in [1.165, 1.54) is 24.3 Å². The number of ether oxygens (including phenoxy) is 2. The molecular formula is C35H27FN4O5. The molecule has 1 saturated heterocycles. The van der Waals surface area contributed by atoms with E-state index in [1.807, 2.05) is 55.5 Å². The van der Waals surface area contributed by atoms with E-state index in [0.717, 1.165) is 32.8 Å². The molecule has 9 rings (SSSR count). The van der Waals surface area contributed by atoms with Crippen LogP contribution >= 0.6 is 0 Å². The maximum absolute atomic E-state index is 13.9. The summed E-state index contributed by atoms with van der Waals surface area (Å²) in [6.45, 7) is 1.96. The molecule has 224 valence electrons. The number of likely N-dealkylation sites (N-methyl/N-ethyl adjacent to an activating group) is 1. The third kappa shape index (κ3) is 3.15. The molecule has 2 aromatic heterocycles. The van der Waals surface area contributed by atoms with Crippen LogP contribution in [0.1, 0.15) is 50.6 Å². The van der Waals surface area contributed by atoms with Gasteiger partial charge in [-0.05, 0) is 43.3 Å². The molecule has 3 aliphatic heterocycles. The van der Waals surface area contributed by atoms with E-state index < -0.39 is 41.7 Å².